The molecule has 35 heavy (non-hydrogen) atoms. The van der Waals surface area contributed by atoms with Crippen LogP contribution in [0.3, 0.4) is 0 Å². The number of rotatable bonds is 8. The van der Waals surface area contributed by atoms with E-state index in [4.69, 9.17) is 5.73 Å². The first-order valence-electron chi connectivity index (χ1n) is 10.8. The van der Waals surface area contributed by atoms with Crippen molar-refractivity contribution in [1.82, 2.24) is 24.3 Å². The van der Waals surface area contributed by atoms with Crippen LogP contribution < -0.4 is 17.0 Å². The van der Waals surface area contributed by atoms with Gasteiger partial charge in [0.2, 0.25) is 0 Å². The Balaban J connectivity index is 1.68. The zero-order valence-corrected chi connectivity index (χ0v) is 19.9. The molecule has 0 atom stereocenters. The van der Waals surface area contributed by atoms with Crippen molar-refractivity contribution in [1.29, 1.82) is 0 Å². The molecule has 180 valence electrons. The Kier molecular flexibility index (Phi) is 6.97. The minimum atomic E-state index is -0.824. The highest BCUT2D eigenvalue weighted by molar-refractivity contribution is 7.99. The highest BCUT2D eigenvalue weighted by atomic mass is 32.2. The third-order valence-electron chi connectivity index (χ3n) is 5.15. The second-order valence-electron chi connectivity index (χ2n) is 8.22. The quantitative estimate of drug-likeness (QED) is 0.284. The summed E-state index contributed by atoms with van der Waals surface area (Å²) >= 11 is 1.07. The molecule has 4 rings (SSSR count). The van der Waals surface area contributed by atoms with Crippen LogP contribution in [0.15, 0.2) is 69.3 Å². The summed E-state index contributed by atoms with van der Waals surface area (Å²) in [5.74, 6) is -0.698. The molecule has 2 aromatic carbocycles. The molecular weight excluding hydrogens is 471 g/mol. The van der Waals surface area contributed by atoms with E-state index in [0.29, 0.717) is 16.5 Å². The molecule has 0 spiro atoms. The second-order valence-corrected chi connectivity index (χ2v) is 9.16. The average Bonchev–Trinajstić information content (AvgIpc) is 3.25. The van der Waals surface area contributed by atoms with Crippen molar-refractivity contribution in [3.63, 3.8) is 0 Å². The van der Waals surface area contributed by atoms with Gasteiger partial charge in [-0.15, -0.1) is 10.2 Å². The smallest absolute Gasteiger partial charge is 0.329 e. The maximum atomic E-state index is 13.4. The number of benzene rings is 2. The van der Waals surface area contributed by atoms with Crippen LogP contribution in [-0.2, 0) is 6.54 Å². The lowest BCUT2D eigenvalue weighted by Crippen LogP contribution is -2.37. The van der Waals surface area contributed by atoms with Crippen LogP contribution in [0.5, 0.6) is 0 Å². The summed E-state index contributed by atoms with van der Waals surface area (Å²) in [4.78, 5) is 39.8. The first-order valence-corrected chi connectivity index (χ1v) is 11.8. The molecule has 2 aromatic heterocycles. The first-order chi connectivity index (χ1) is 16.8. The van der Waals surface area contributed by atoms with Crippen LogP contribution >= 0.6 is 11.8 Å². The van der Waals surface area contributed by atoms with Crippen LogP contribution in [0.2, 0.25) is 0 Å². The number of thioether (sulfide) groups is 1. The lowest BCUT2D eigenvalue weighted by atomic mass is 10.2. The highest BCUT2D eigenvalue weighted by Crippen LogP contribution is 2.28. The predicted octanol–water partition coefficient (Wildman–Crippen LogP) is 3.14. The van der Waals surface area contributed by atoms with Gasteiger partial charge in [0.15, 0.2) is 16.8 Å². The van der Waals surface area contributed by atoms with Gasteiger partial charge in [-0.2, -0.15) is 0 Å². The predicted molar refractivity (Wildman–Crippen MR) is 132 cm³/mol. The topological polar surface area (TPSA) is 129 Å². The van der Waals surface area contributed by atoms with E-state index < -0.39 is 17.0 Å². The van der Waals surface area contributed by atoms with E-state index in [-0.39, 0.29) is 35.4 Å². The van der Waals surface area contributed by atoms with Crippen molar-refractivity contribution in [2.24, 2.45) is 5.92 Å². The standard InChI is InChI=1S/C24H23FN6O3S/c1-14(2)12-30-20(26)19(22(33)27-23(30)34)18(32)13-35-24-29-28-21(15-8-10-16(25)11-9-15)31(24)17-6-4-3-5-7-17/h3-11,14H,12-13,26H2,1-2H3,(H,27,33,34). The zero-order valence-electron chi connectivity index (χ0n) is 19.1. The van der Waals surface area contributed by atoms with Gasteiger partial charge in [-0.25, -0.2) is 9.18 Å². The van der Waals surface area contributed by atoms with Gasteiger partial charge in [-0.1, -0.05) is 43.8 Å². The molecule has 0 saturated carbocycles. The number of nitrogens with two attached hydrogens (primary N) is 1. The largest absolute Gasteiger partial charge is 0.384 e. The number of Topliss-reactive ketones (excluding diaryl/α,β-unsaturated/α-hetero) is 1. The highest BCUT2D eigenvalue weighted by Gasteiger charge is 2.22. The summed E-state index contributed by atoms with van der Waals surface area (Å²) in [5.41, 5.74) is 5.71. The minimum Gasteiger partial charge on any atom is -0.384 e. The molecule has 4 aromatic rings. The van der Waals surface area contributed by atoms with Crippen LogP contribution in [0.1, 0.15) is 24.2 Å². The summed E-state index contributed by atoms with van der Waals surface area (Å²) in [6.45, 7) is 4.05. The molecule has 2 heterocycles. The minimum absolute atomic E-state index is 0.0764. The Bertz CT molecular complexity index is 1480. The van der Waals surface area contributed by atoms with Gasteiger partial charge >= 0.3 is 5.69 Å². The number of aromatic amines is 1. The van der Waals surface area contributed by atoms with Gasteiger partial charge in [0, 0.05) is 17.8 Å². The molecule has 0 aliphatic carbocycles. The number of nitrogens with zero attached hydrogens (tertiary/aromatic N) is 4. The fourth-order valence-electron chi connectivity index (χ4n) is 3.57. The molecule has 0 aliphatic rings. The Morgan fingerprint density at radius 1 is 1.09 bits per heavy atom. The van der Waals surface area contributed by atoms with Gasteiger partial charge in [-0.3, -0.25) is 23.7 Å². The molecule has 9 nitrogen and oxygen atoms in total. The van der Waals surface area contributed by atoms with Crippen molar-refractivity contribution in [3.05, 3.63) is 86.8 Å². The summed E-state index contributed by atoms with van der Waals surface area (Å²) < 4.78 is 16.4. The number of carbonyl (C=O) groups is 1. The van der Waals surface area contributed by atoms with E-state index in [1.54, 1.807) is 16.7 Å². The molecule has 0 saturated heterocycles. The molecule has 0 fully saturated rings. The fraction of sp³-hybridized carbons (Fsp3) is 0.208. The van der Waals surface area contributed by atoms with Crippen molar-refractivity contribution < 1.29 is 9.18 Å². The summed E-state index contributed by atoms with van der Waals surface area (Å²) in [5, 5.41) is 8.88. The molecule has 11 heteroatoms. The lowest BCUT2D eigenvalue weighted by Gasteiger charge is -2.14. The van der Waals surface area contributed by atoms with Gasteiger partial charge in [-0.05, 0) is 42.3 Å². The van der Waals surface area contributed by atoms with Gasteiger partial charge in [0.05, 0.1) is 5.75 Å². The number of ketones is 1. The van der Waals surface area contributed by atoms with Gasteiger partial charge in [0.1, 0.15) is 17.2 Å². The van der Waals surface area contributed by atoms with Crippen molar-refractivity contribution in [2.75, 3.05) is 11.5 Å². The van der Waals surface area contributed by atoms with Gasteiger partial charge < -0.3 is 5.73 Å². The van der Waals surface area contributed by atoms with Crippen molar-refractivity contribution >= 4 is 23.4 Å². The maximum Gasteiger partial charge on any atom is 0.329 e. The Hall–Kier alpha value is -3.99. The Morgan fingerprint density at radius 2 is 1.77 bits per heavy atom. The number of H-pyrrole nitrogens is 1. The number of para-hydroxylation sites is 1. The van der Waals surface area contributed by atoms with Crippen LogP contribution in [0, 0.1) is 11.7 Å². The normalized spacial score (nSPS) is 11.2. The molecule has 0 aliphatic heterocycles. The lowest BCUT2D eigenvalue weighted by molar-refractivity contribution is 0.102. The number of hydrogen-bond donors (Lipinski definition) is 2. The number of nitrogen functional groups attached to an aromatic ring is 1. The molecular formula is C24H23FN6O3S. The molecule has 0 amide bonds. The van der Waals surface area contributed by atoms with E-state index in [2.05, 4.69) is 15.2 Å². The molecule has 0 radical (unpaired) electrons. The number of halogens is 1. The molecule has 0 unspecified atom stereocenters. The van der Waals surface area contributed by atoms with Crippen LogP contribution in [-0.4, -0.2) is 35.9 Å². The Morgan fingerprint density at radius 3 is 2.43 bits per heavy atom. The molecule has 0 bridgehead atoms. The van der Waals surface area contributed by atoms with Crippen molar-refractivity contribution in [3.8, 4) is 17.1 Å². The number of aromatic nitrogens is 5. The average molecular weight is 495 g/mol. The second kappa shape index (κ2) is 10.1. The van der Waals surface area contributed by atoms with E-state index in [9.17, 15) is 18.8 Å². The van der Waals surface area contributed by atoms with Crippen molar-refractivity contribution in [2.45, 2.75) is 25.5 Å². The SMILES string of the molecule is CC(C)Cn1c(N)c(C(=O)CSc2nnc(-c3ccc(F)cc3)n2-c2ccccc2)c(=O)[nH]c1=O. The zero-order chi connectivity index (χ0) is 25.1. The molecule has 3 N–H and O–H groups in total. The first kappa shape index (κ1) is 24.1. The van der Waals surface area contributed by atoms with E-state index in [0.717, 1.165) is 17.4 Å². The number of hydrogen-bond acceptors (Lipinski definition) is 7. The fourth-order valence-corrected chi connectivity index (χ4v) is 4.39. The monoisotopic (exact) mass is 494 g/mol. The Labute approximate surface area is 203 Å². The number of anilines is 1. The third-order valence-corrected chi connectivity index (χ3v) is 6.08. The number of carbonyl (C=O) groups excluding carboxylic acids is 1. The van der Waals surface area contributed by atoms with E-state index >= 15 is 0 Å². The van der Waals surface area contributed by atoms with E-state index in [1.165, 1.54) is 16.7 Å². The summed E-state index contributed by atoms with van der Waals surface area (Å²) in [6.07, 6.45) is 0. The van der Waals surface area contributed by atoms with Crippen LogP contribution in [0.4, 0.5) is 10.2 Å². The third kappa shape index (κ3) is 5.09. The van der Waals surface area contributed by atoms with Gasteiger partial charge in [0.25, 0.3) is 5.56 Å². The number of nitrogens with one attached hydrogen (secondary N) is 1. The van der Waals surface area contributed by atoms with E-state index in [1.807, 2.05) is 44.2 Å². The summed E-state index contributed by atoms with van der Waals surface area (Å²) in [6, 6.07) is 15.1. The maximum absolute atomic E-state index is 13.4. The summed E-state index contributed by atoms with van der Waals surface area (Å²) in [7, 11) is 0. The van der Waals surface area contributed by atoms with Crippen LogP contribution in [0.25, 0.3) is 17.1 Å².